The largest absolute Gasteiger partial charge is 0.360 e. The molecule has 1 aromatic heterocycles. The Hall–Kier alpha value is -2.24. The van der Waals surface area contributed by atoms with Gasteiger partial charge in [-0.3, -0.25) is 4.79 Å². The van der Waals surface area contributed by atoms with Gasteiger partial charge in [0.1, 0.15) is 5.76 Å². The van der Waals surface area contributed by atoms with Gasteiger partial charge < -0.3 is 9.84 Å². The van der Waals surface area contributed by atoms with Crippen molar-refractivity contribution in [1.82, 2.24) is 5.16 Å². The summed E-state index contributed by atoms with van der Waals surface area (Å²) in [6, 6.07) is 14.8. The second kappa shape index (κ2) is 7.76. The Labute approximate surface area is 155 Å². The van der Waals surface area contributed by atoms with E-state index in [1.54, 1.807) is 6.07 Å². The molecule has 0 aliphatic carbocycles. The molecule has 3 aromatic rings. The molecule has 0 spiro atoms. The molecule has 128 valence electrons. The first-order chi connectivity index (χ1) is 12.0. The minimum absolute atomic E-state index is 0.165. The minimum atomic E-state index is -0.165. The van der Waals surface area contributed by atoms with Crippen LogP contribution >= 0.6 is 23.4 Å². The lowest BCUT2D eigenvalue weighted by atomic mass is 10.1. The fourth-order valence-corrected chi connectivity index (χ4v) is 3.45. The maximum absolute atomic E-state index is 12.7. The van der Waals surface area contributed by atoms with Crippen LogP contribution < -0.4 is 5.32 Å². The normalized spacial score (nSPS) is 10.7. The van der Waals surface area contributed by atoms with Crippen LogP contribution in [-0.2, 0) is 5.75 Å². The minimum Gasteiger partial charge on any atom is -0.360 e. The van der Waals surface area contributed by atoms with E-state index in [0.717, 1.165) is 21.9 Å². The molecule has 1 heterocycles. The van der Waals surface area contributed by atoms with Crippen LogP contribution in [0.5, 0.6) is 0 Å². The third-order valence-electron chi connectivity index (χ3n) is 3.69. The average Bonchev–Trinajstić information content (AvgIpc) is 3.03. The fraction of sp³-hybridized carbons (Fsp3) is 0.158. The van der Waals surface area contributed by atoms with E-state index in [9.17, 15) is 4.79 Å². The zero-order valence-corrected chi connectivity index (χ0v) is 15.4. The molecule has 0 saturated carbocycles. The van der Waals surface area contributed by atoms with Crippen molar-refractivity contribution < 1.29 is 9.32 Å². The molecular weight excluding hydrogens is 356 g/mol. The fourth-order valence-electron chi connectivity index (χ4n) is 2.35. The van der Waals surface area contributed by atoms with Gasteiger partial charge >= 0.3 is 0 Å². The first kappa shape index (κ1) is 17.6. The number of hydrogen-bond donors (Lipinski definition) is 1. The molecule has 6 heteroatoms. The van der Waals surface area contributed by atoms with Crippen LogP contribution in [0, 0.1) is 13.8 Å². The molecule has 3 rings (SSSR count). The molecule has 0 atom stereocenters. The molecule has 1 amide bonds. The number of hydrogen-bond acceptors (Lipinski definition) is 4. The van der Waals surface area contributed by atoms with Crippen LogP contribution in [-0.4, -0.2) is 11.1 Å². The molecule has 0 saturated heterocycles. The summed E-state index contributed by atoms with van der Waals surface area (Å²) in [4.78, 5) is 13.6. The number of nitrogens with zero attached hydrogens (tertiary/aromatic N) is 1. The van der Waals surface area contributed by atoms with E-state index in [-0.39, 0.29) is 5.91 Å². The van der Waals surface area contributed by atoms with Gasteiger partial charge in [-0.1, -0.05) is 35.0 Å². The smallest absolute Gasteiger partial charge is 0.256 e. The highest BCUT2D eigenvalue weighted by Crippen LogP contribution is 2.28. The maximum atomic E-state index is 12.7. The predicted octanol–water partition coefficient (Wildman–Crippen LogP) is 5.49. The lowest BCUT2D eigenvalue weighted by molar-refractivity contribution is 0.102. The van der Waals surface area contributed by atoms with Crippen molar-refractivity contribution in [1.29, 1.82) is 0 Å². The van der Waals surface area contributed by atoms with Crippen molar-refractivity contribution in [2.45, 2.75) is 24.5 Å². The first-order valence-electron chi connectivity index (χ1n) is 7.75. The van der Waals surface area contributed by atoms with Crippen molar-refractivity contribution in [2.24, 2.45) is 0 Å². The Morgan fingerprint density at radius 1 is 1.20 bits per heavy atom. The number of anilines is 1. The van der Waals surface area contributed by atoms with Crippen molar-refractivity contribution >= 4 is 35.0 Å². The molecule has 0 aliphatic heterocycles. The van der Waals surface area contributed by atoms with E-state index in [1.807, 2.05) is 56.3 Å². The summed E-state index contributed by atoms with van der Waals surface area (Å²) < 4.78 is 5.22. The summed E-state index contributed by atoms with van der Waals surface area (Å²) in [6.45, 7) is 3.76. The van der Waals surface area contributed by atoms with E-state index in [0.29, 0.717) is 22.0 Å². The Bertz CT molecular complexity index is 908. The van der Waals surface area contributed by atoms with Gasteiger partial charge in [0.2, 0.25) is 0 Å². The Morgan fingerprint density at radius 3 is 2.76 bits per heavy atom. The van der Waals surface area contributed by atoms with Gasteiger partial charge in [-0.15, -0.1) is 11.8 Å². The molecule has 0 radical (unpaired) electrons. The van der Waals surface area contributed by atoms with Crippen molar-refractivity contribution in [3.8, 4) is 0 Å². The summed E-state index contributed by atoms with van der Waals surface area (Å²) in [5.74, 6) is 1.23. The molecule has 4 nitrogen and oxygen atoms in total. The van der Waals surface area contributed by atoms with Gasteiger partial charge in [-0.25, -0.2) is 0 Å². The van der Waals surface area contributed by atoms with Crippen LogP contribution in [0.3, 0.4) is 0 Å². The summed E-state index contributed by atoms with van der Waals surface area (Å²) in [5.41, 5.74) is 3.02. The monoisotopic (exact) mass is 372 g/mol. The van der Waals surface area contributed by atoms with Gasteiger partial charge in [0.05, 0.1) is 17.0 Å². The van der Waals surface area contributed by atoms with Crippen LogP contribution in [0.4, 0.5) is 5.69 Å². The summed E-state index contributed by atoms with van der Waals surface area (Å²) in [6.07, 6.45) is 0. The zero-order chi connectivity index (χ0) is 17.8. The van der Waals surface area contributed by atoms with Crippen LogP contribution in [0.25, 0.3) is 0 Å². The van der Waals surface area contributed by atoms with E-state index in [1.165, 1.54) is 11.8 Å². The lowest BCUT2D eigenvalue weighted by Gasteiger charge is -2.12. The summed E-state index contributed by atoms with van der Waals surface area (Å²) in [5, 5.41) is 7.44. The number of amides is 1. The summed E-state index contributed by atoms with van der Waals surface area (Å²) >= 11 is 7.66. The highest BCUT2D eigenvalue weighted by Gasteiger charge is 2.14. The number of carbonyl (C=O) groups excluding carboxylic acids is 1. The molecule has 0 fully saturated rings. The second-order valence-electron chi connectivity index (χ2n) is 5.59. The van der Waals surface area contributed by atoms with Gasteiger partial charge in [0.15, 0.2) is 0 Å². The Morgan fingerprint density at radius 2 is 2.00 bits per heavy atom. The molecule has 0 unspecified atom stereocenters. The molecule has 1 N–H and O–H groups in total. The van der Waals surface area contributed by atoms with E-state index in [2.05, 4.69) is 10.5 Å². The molecule has 25 heavy (non-hydrogen) atoms. The topological polar surface area (TPSA) is 55.1 Å². The number of thioether (sulfide) groups is 1. The van der Waals surface area contributed by atoms with Crippen molar-refractivity contribution in [2.75, 3.05) is 5.32 Å². The molecule has 0 bridgehead atoms. The number of aryl methyl sites for hydroxylation is 1. The highest BCUT2D eigenvalue weighted by molar-refractivity contribution is 7.98. The highest BCUT2D eigenvalue weighted by atomic mass is 35.5. The van der Waals surface area contributed by atoms with E-state index < -0.39 is 0 Å². The summed E-state index contributed by atoms with van der Waals surface area (Å²) in [7, 11) is 0. The molecule has 0 aliphatic rings. The Kier molecular flexibility index (Phi) is 5.46. The zero-order valence-electron chi connectivity index (χ0n) is 13.9. The Balaban J connectivity index is 1.77. The van der Waals surface area contributed by atoms with Crippen LogP contribution in [0.15, 0.2) is 57.9 Å². The van der Waals surface area contributed by atoms with Crippen molar-refractivity contribution in [3.63, 3.8) is 0 Å². The van der Waals surface area contributed by atoms with E-state index in [4.69, 9.17) is 16.1 Å². The van der Waals surface area contributed by atoms with Gasteiger partial charge in [-0.05, 0) is 43.7 Å². The van der Waals surface area contributed by atoms with Gasteiger partial charge in [0.25, 0.3) is 5.91 Å². The number of aromatic nitrogens is 1. The SMILES string of the molecule is Cc1cc(CSc2ccccc2C(=O)Nc2cccc(Cl)c2C)on1. The molecular formula is C19H17ClN2O2S. The second-order valence-corrected chi connectivity index (χ2v) is 7.01. The number of carbonyl (C=O) groups is 1. The predicted molar refractivity (Wildman–Crippen MR) is 101 cm³/mol. The van der Waals surface area contributed by atoms with E-state index >= 15 is 0 Å². The third kappa shape index (κ3) is 4.24. The average molecular weight is 373 g/mol. The van der Waals surface area contributed by atoms with Crippen molar-refractivity contribution in [3.05, 3.63) is 76.1 Å². The standard InChI is InChI=1S/C19H17ClN2O2S/c1-12-10-14(24-22-12)11-25-18-9-4-3-6-15(18)19(23)21-17-8-5-7-16(20)13(17)2/h3-10H,11H2,1-2H3,(H,21,23). The lowest BCUT2D eigenvalue weighted by Crippen LogP contribution is -2.13. The number of nitrogens with one attached hydrogen (secondary N) is 1. The van der Waals surface area contributed by atoms with Gasteiger partial charge in [0, 0.05) is 21.7 Å². The third-order valence-corrected chi connectivity index (χ3v) is 5.20. The number of rotatable bonds is 5. The van der Waals surface area contributed by atoms with Crippen LogP contribution in [0.1, 0.15) is 27.4 Å². The van der Waals surface area contributed by atoms with Crippen LogP contribution in [0.2, 0.25) is 5.02 Å². The maximum Gasteiger partial charge on any atom is 0.256 e. The number of benzene rings is 2. The number of halogens is 1. The first-order valence-corrected chi connectivity index (χ1v) is 9.11. The molecule has 2 aromatic carbocycles. The quantitative estimate of drug-likeness (QED) is 0.601. The van der Waals surface area contributed by atoms with Gasteiger partial charge in [-0.2, -0.15) is 0 Å².